The molecule has 0 amide bonds. The van der Waals surface area contributed by atoms with E-state index in [0.29, 0.717) is 5.89 Å². The number of oxazole rings is 1. The van der Waals surface area contributed by atoms with Crippen molar-refractivity contribution in [2.75, 3.05) is 0 Å². The Morgan fingerprint density at radius 1 is 0.224 bits per heavy atom. The molecule has 392 valence electrons. The van der Waals surface area contributed by atoms with Gasteiger partial charge in [-0.1, -0.05) is 261 Å². The zero-order valence-corrected chi connectivity index (χ0v) is 46.1. The standard InChI is InChI=1S/C83H49NO/c1-2-20-50(21-3-1)79-63-28-4-6-30-65(63)80(66-31-7-5-29-64(66)79)51-38-40-52(41-39-51)81-84-77-48-67(53-42-44-61-59-26-12-18-36-73(59)82(75(61)46-53)69-32-14-8-22-55(69)56-23-9-15-33-70(56)82)68(49-78(77)85-81)54-43-45-62-60-27-13-19-37-74(60)83(76(62)47-54)71-34-16-10-24-57(71)58-25-11-17-35-72(58)83/h1-49H. The third kappa shape index (κ3) is 6.15. The summed E-state index contributed by atoms with van der Waals surface area (Å²) in [6.07, 6.45) is 0. The molecule has 0 saturated carbocycles. The van der Waals surface area contributed by atoms with Crippen molar-refractivity contribution < 1.29 is 4.42 Å². The van der Waals surface area contributed by atoms with Gasteiger partial charge in [-0.2, -0.15) is 0 Å². The third-order valence-electron chi connectivity index (χ3n) is 19.6. The maximum atomic E-state index is 7.05. The molecule has 2 nitrogen and oxygen atoms in total. The molecule has 0 fully saturated rings. The molecule has 2 spiro atoms. The first-order chi connectivity index (χ1) is 42.2. The first-order valence-electron chi connectivity index (χ1n) is 29.6. The van der Waals surface area contributed by atoms with Crippen LogP contribution >= 0.6 is 0 Å². The van der Waals surface area contributed by atoms with Crippen LogP contribution in [0.25, 0.3) is 133 Å². The molecule has 4 aliphatic rings. The fourth-order valence-corrected chi connectivity index (χ4v) is 16.2. The van der Waals surface area contributed by atoms with Gasteiger partial charge in [-0.15, -0.1) is 0 Å². The first-order valence-corrected chi connectivity index (χ1v) is 29.6. The van der Waals surface area contributed by atoms with Gasteiger partial charge < -0.3 is 4.42 Å². The van der Waals surface area contributed by atoms with Crippen molar-refractivity contribution in [1.82, 2.24) is 4.98 Å². The molecular formula is C83H49NO. The molecule has 0 radical (unpaired) electrons. The Morgan fingerprint density at radius 3 is 0.929 bits per heavy atom. The molecule has 0 saturated heterocycles. The molecule has 0 atom stereocenters. The number of aromatic nitrogens is 1. The van der Waals surface area contributed by atoms with E-state index in [1.54, 1.807) is 0 Å². The minimum atomic E-state index is -0.498. The number of nitrogens with zero attached hydrogens (tertiary/aromatic N) is 1. The topological polar surface area (TPSA) is 26.0 Å². The molecule has 14 aromatic carbocycles. The van der Waals surface area contributed by atoms with Crippen LogP contribution in [0.2, 0.25) is 0 Å². The molecule has 0 bridgehead atoms. The minimum Gasteiger partial charge on any atom is -0.436 e. The van der Waals surface area contributed by atoms with Crippen LogP contribution in [0.1, 0.15) is 44.5 Å². The van der Waals surface area contributed by atoms with Crippen LogP contribution in [-0.2, 0) is 10.8 Å². The van der Waals surface area contributed by atoms with Crippen LogP contribution in [0, 0.1) is 0 Å². The predicted octanol–water partition coefficient (Wildman–Crippen LogP) is 21.2. The van der Waals surface area contributed by atoms with Gasteiger partial charge in [0.15, 0.2) is 5.58 Å². The van der Waals surface area contributed by atoms with Crippen molar-refractivity contribution in [3.8, 4) is 100 Å². The SMILES string of the molecule is c1ccc(-c2c3ccccc3c(-c3ccc(-c4nc5cc(-c6ccc7c(c6)C6(c8ccccc8-c8ccccc86)c6ccccc6-7)c(-c6ccc7c(c6)C6(c8ccccc8-c8ccccc86)c6ccccc6-7)cc5o4)cc3)c3ccccc23)cc1. The molecule has 1 aromatic heterocycles. The largest absolute Gasteiger partial charge is 0.436 e. The summed E-state index contributed by atoms with van der Waals surface area (Å²) in [5.74, 6) is 0.587. The number of hydrogen-bond acceptors (Lipinski definition) is 2. The summed E-state index contributed by atoms with van der Waals surface area (Å²) in [5.41, 5.74) is 31.6. The van der Waals surface area contributed by atoms with E-state index in [4.69, 9.17) is 9.40 Å². The van der Waals surface area contributed by atoms with Gasteiger partial charge >= 0.3 is 0 Å². The van der Waals surface area contributed by atoms with Gasteiger partial charge in [-0.05, 0) is 191 Å². The van der Waals surface area contributed by atoms with Crippen molar-refractivity contribution in [2.45, 2.75) is 10.8 Å². The van der Waals surface area contributed by atoms with E-state index in [9.17, 15) is 0 Å². The van der Waals surface area contributed by atoms with E-state index in [1.165, 1.54) is 127 Å². The summed E-state index contributed by atoms with van der Waals surface area (Å²) < 4.78 is 7.05. The highest BCUT2D eigenvalue weighted by atomic mass is 16.3. The van der Waals surface area contributed by atoms with Gasteiger partial charge in [-0.25, -0.2) is 4.98 Å². The highest BCUT2D eigenvalue weighted by molar-refractivity contribution is 6.21. The maximum absolute atomic E-state index is 7.05. The zero-order valence-electron chi connectivity index (χ0n) is 46.1. The average molecular weight is 1080 g/mol. The van der Waals surface area contributed by atoms with Crippen molar-refractivity contribution in [2.24, 2.45) is 0 Å². The second kappa shape index (κ2) is 17.3. The molecule has 0 aliphatic heterocycles. The van der Waals surface area contributed by atoms with Gasteiger partial charge in [-0.3, -0.25) is 0 Å². The van der Waals surface area contributed by atoms with E-state index in [2.05, 4.69) is 297 Å². The second-order valence-corrected chi connectivity index (χ2v) is 23.5. The first kappa shape index (κ1) is 46.7. The van der Waals surface area contributed by atoms with E-state index in [0.717, 1.165) is 44.5 Å². The molecule has 1 heterocycles. The van der Waals surface area contributed by atoms with Crippen LogP contribution in [0.15, 0.2) is 302 Å². The Morgan fingerprint density at radius 2 is 0.529 bits per heavy atom. The van der Waals surface area contributed by atoms with Crippen molar-refractivity contribution in [3.05, 3.63) is 342 Å². The average Bonchev–Trinajstić information content (AvgIpc) is 1.55. The second-order valence-electron chi connectivity index (χ2n) is 23.5. The minimum absolute atomic E-state index is 0.496. The molecule has 15 aromatic rings. The van der Waals surface area contributed by atoms with Crippen LogP contribution in [0.4, 0.5) is 0 Å². The molecule has 85 heavy (non-hydrogen) atoms. The monoisotopic (exact) mass is 1080 g/mol. The van der Waals surface area contributed by atoms with E-state index in [1.807, 2.05) is 0 Å². The maximum Gasteiger partial charge on any atom is 0.227 e. The fraction of sp³-hybridized carbons (Fsp3) is 0.0241. The van der Waals surface area contributed by atoms with E-state index in [-0.39, 0.29) is 0 Å². The van der Waals surface area contributed by atoms with Crippen molar-refractivity contribution in [3.63, 3.8) is 0 Å². The Balaban J connectivity index is 0.820. The summed E-state index contributed by atoms with van der Waals surface area (Å²) in [5, 5.41) is 4.91. The lowest BCUT2D eigenvalue weighted by Gasteiger charge is -2.31. The highest BCUT2D eigenvalue weighted by Crippen LogP contribution is 2.65. The number of hydrogen-bond donors (Lipinski definition) is 0. The predicted molar refractivity (Wildman–Crippen MR) is 349 cm³/mol. The lowest BCUT2D eigenvalue weighted by Crippen LogP contribution is -2.25. The Bertz CT molecular complexity index is 4950. The van der Waals surface area contributed by atoms with Gasteiger partial charge in [0, 0.05) is 5.56 Å². The molecule has 0 unspecified atom stereocenters. The number of rotatable bonds is 5. The summed E-state index contributed by atoms with van der Waals surface area (Å²) in [6.45, 7) is 0. The van der Waals surface area contributed by atoms with Crippen molar-refractivity contribution >= 4 is 32.6 Å². The smallest absolute Gasteiger partial charge is 0.227 e. The van der Waals surface area contributed by atoms with Crippen LogP contribution in [-0.4, -0.2) is 4.98 Å². The van der Waals surface area contributed by atoms with Gasteiger partial charge in [0.25, 0.3) is 0 Å². The lowest BCUT2D eigenvalue weighted by molar-refractivity contribution is 0.620. The molecule has 4 aliphatic carbocycles. The molecular weight excluding hydrogens is 1030 g/mol. The van der Waals surface area contributed by atoms with Crippen LogP contribution < -0.4 is 0 Å². The Kier molecular flexibility index (Phi) is 9.50. The van der Waals surface area contributed by atoms with Crippen LogP contribution in [0.3, 0.4) is 0 Å². The van der Waals surface area contributed by atoms with Crippen LogP contribution in [0.5, 0.6) is 0 Å². The van der Waals surface area contributed by atoms with Gasteiger partial charge in [0.05, 0.1) is 10.8 Å². The molecule has 19 rings (SSSR count). The Labute approximate surface area is 492 Å². The highest BCUT2D eigenvalue weighted by Gasteiger charge is 2.53. The molecule has 0 N–H and O–H groups in total. The lowest BCUT2D eigenvalue weighted by atomic mass is 9.70. The normalized spacial score (nSPS) is 13.8. The fourth-order valence-electron chi connectivity index (χ4n) is 16.2. The zero-order chi connectivity index (χ0) is 55.5. The molecule has 2 heteroatoms. The van der Waals surface area contributed by atoms with Gasteiger partial charge in [0.2, 0.25) is 5.89 Å². The van der Waals surface area contributed by atoms with Crippen molar-refractivity contribution in [1.29, 1.82) is 0 Å². The third-order valence-corrected chi connectivity index (χ3v) is 19.6. The van der Waals surface area contributed by atoms with E-state index < -0.39 is 10.8 Å². The number of benzene rings is 14. The number of fused-ring (bicyclic) bond motifs is 23. The summed E-state index contributed by atoms with van der Waals surface area (Å²) in [6, 6.07) is 111. The summed E-state index contributed by atoms with van der Waals surface area (Å²) >= 11 is 0. The Hall–Kier alpha value is -10.9. The van der Waals surface area contributed by atoms with E-state index >= 15 is 0 Å². The van der Waals surface area contributed by atoms with Gasteiger partial charge in [0.1, 0.15) is 5.52 Å². The summed E-state index contributed by atoms with van der Waals surface area (Å²) in [7, 11) is 0. The quantitative estimate of drug-likeness (QED) is 0.161. The summed E-state index contributed by atoms with van der Waals surface area (Å²) in [4.78, 5) is 5.41.